The summed E-state index contributed by atoms with van der Waals surface area (Å²) in [6.45, 7) is 3.49. The van der Waals surface area contributed by atoms with Crippen LogP contribution in [0.25, 0.3) is 0 Å². The van der Waals surface area contributed by atoms with E-state index in [1.807, 2.05) is 36.1 Å². The molecule has 0 spiro atoms. The number of nitrogens with one attached hydrogen (secondary N) is 2. The van der Waals surface area contributed by atoms with Gasteiger partial charge in [-0.05, 0) is 61.8 Å². The van der Waals surface area contributed by atoms with Gasteiger partial charge in [0.25, 0.3) is 11.8 Å². The van der Waals surface area contributed by atoms with Crippen molar-refractivity contribution in [2.45, 2.75) is 19.8 Å². The molecule has 1 saturated heterocycles. The Kier molecular flexibility index (Phi) is 5.63. The molecule has 1 heterocycles. The minimum atomic E-state index is -0.259. The van der Waals surface area contributed by atoms with Crippen molar-refractivity contribution in [1.29, 1.82) is 0 Å². The van der Waals surface area contributed by atoms with E-state index in [2.05, 4.69) is 10.6 Å². The average molecular weight is 367 g/mol. The lowest BCUT2D eigenvalue weighted by Gasteiger charge is -2.16. The summed E-state index contributed by atoms with van der Waals surface area (Å²) in [5, 5.41) is 5.85. The molecule has 2 amide bonds. The standard InChI is InChI=1S/C20H21N3O2S/c1-14-7-2-3-10-17(14)18(24)22-20(26)21-16-9-6-8-15(13-16)19(25)23-11-4-5-12-23/h2-3,6-10,13H,4-5,11-12H2,1H3,(H2,21,22,24,26). The van der Waals surface area contributed by atoms with Crippen LogP contribution in [0.3, 0.4) is 0 Å². The predicted octanol–water partition coefficient (Wildman–Crippen LogP) is 3.36. The molecule has 0 radical (unpaired) electrons. The summed E-state index contributed by atoms with van der Waals surface area (Å²) >= 11 is 5.23. The number of thiocarbonyl (C=S) groups is 1. The zero-order valence-electron chi connectivity index (χ0n) is 14.6. The van der Waals surface area contributed by atoms with Gasteiger partial charge in [0, 0.05) is 29.9 Å². The van der Waals surface area contributed by atoms with Crippen LogP contribution in [0, 0.1) is 6.92 Å². The summed E-state index contributed by atoms with van der Waals surface area (Å²) in [4.78, 5) is 26.7. The van der Waals surface area contributed by atoms with Crippen molar-refractivity contribution in [3.05, 3.63) is 65.2 Å². The van der Waals surface area contributed by atoms with Crippen LogP contribution >= 0.6 is 12.2 Å². The molecular weight excluding hydrogens is 346 g/mol. The first-order chi connectivity index (χ1) is 12.5. The first kappa shape index (κ1) is 18.1. The molecule has 0 aromatic heterocycles. The van der Waals surface area contributed by atoms with Crippen LogP contribution in [0.2, 0.25) is 0 Å². The molecular formula is C20H21N3O2S. The van der Waals surface area contributed by atoms with Crippen molar-refractivity contribution < 1.29 is 9.59 Å². The molecule has 2 N–H and O–H groups in total. The number of hydrogen-bond acceptors (Lipinski definition) is 3. The summed E-state index contributed by atoms with van der Waals surface area (Å²) < 4.78 is 0. The quantitative estimate of drug-likeness (QED) is 0.817. The van der Waals surface area contributed by atoms with Crippen molar-refractivity contribution in [3.8, 4) is 0 Å². The fourth-order valence-electron chi connectivity index (χ4n) is 2.99. The normalized spacial score (nSPS) is 13.3. The highest BCUT2D eigenvalue weighted by molar-refractivity contribution is 7.80. The topological polar surface area (TPSA) is 61.4 Å². The lowest BCUT2D eigenvalue weighted by molar-refractivity contribution is 0.0792. The van der Waals surface area contributed by atoms with Gasteiger partial charge in [-0.2, -0.15) is 0 Å². The SMILES string of the molecule is Cc1ccccc1C(=O)NC(=S)Nc1cccc(C(=O)N2CCCC2)c1. The van der Waals surface area contributed by atoms with Crippen molar-refractivity contribution >= 4 is 34.8 Å². The van der Waals surface area contributed by atoms with E-state index in [1.165, 1.54) is 0 Å². The molecule has 0 aliphatic carbocycles. The lowest BCUT2D eigenvalue weighted by Crippen LogP contribution is -2.34. The molecule has 6 heteroatoms. The van der Waals surface area contributed by atoms with Gasteiger partial charge in [-0.3, -0.25) is 14.9 Å². The molecule has 26 heavy (non-hydrogen) atoms. The van der Waals surface area contributed by atoms with E-state index in [0.717, 1.165) is 31.5 Å². The monoisotopic (exact) mass is 367 g/mol. The van der Waals surface area contributed by atoms with Gasteiger partial charge in [0.1, 0.15) is 0 Å². The number of benzene rings is 2. The second-order valence-electron chi connectivity index (χ2n) is 6.30. The van der Waals surface area contributed by atoms with E-state index in [9.17, 15) is 9.59 Å². The molecule has 0 saturated carbocycles. The number of likely N-dealkylation sites (tertiary alicyclic amines) is 1. The van der Waals surface area contributed by atoms with Gasteiger partial charge in [0.2, 0.25) is 0 Å². The second kappa shape index (κ2) is 8.10. The highest BCUT2D eigenvalue weighted by Crippen LogP contribution is 2.16. The van der Waals surface area contributed by atoms with E-state index in [-0.39, 0.29) is 16.9 Å². The van der Waals surface area contributed by atoms with Crippen LogP contribution < -0.4 is 10.6 Å². The number of hydrogen-bond donors (Lipinski definition) is 2. The maximum atomic E-state index is 12.5. The van der Waals surface area contributed by atoms with Crippen LogP contribution in [0.5, 0.6) is 0 Å². The van der Waals surface area contributed by atoms with Crippen molar-refractivity contribution in [3.63, 3.8) is 0 Å². The lowest BCUT2D eigenvalue weighted by atomic mass is 10.1. The van der Waals surface area contributed by atoms with Gasteiger partial charge in [-0.15, -0.1) is 0 Å². The molecule has 2 aromatic rings. The van der Waals surface area contributed by atoms with Gasteiger partial charge in [0.05, 0.1) is 0 Å². The van der Waals surface area contributed by atoms with E-state index >= 15 is 0 Å². The number of amides is 2. The number of carbonyl (C=O) groups excluding carboxylic acids is 2. The van der Waals surface area contributed by atoms with Crippen LogP contribution in [-0.2, 0) is 0 Å². The third kappa shape index (κ3) is 4.26. The summed E-state index contributed by atoms with van der Waals surface area (Å²) in [7, 11) is 0. The third-order valence-corrected chi connectivity index (χ3v) is 4.58. The Hall–Kier alpha value is -2.73. The first-order valence-corrected chi connectivity index (χ1v) is 9.03. The smallest absolute Gasteiger partial charge is 0.257 e. The predicted molar refractivity (Wildman–Crippen MR) is 106 cm³/mol. The molecule has 3 rings (SSSR count). The highest BCUT2D eigenvalue weighted by atomic mass is 32.1. The number of anilines is 1. The number of aryl methyl sites for hydroxylation is 1. The highest BCUT2D eigenvalue weighted by Gasteiger charge is 2.19. The molecule has 1 aliphatic heterocycles. The molecule has 2 aromatic carbocycles. The third-order valence-electron chi connectivity index (χ3n) is 4.38. The maximum Gasteiger partial charge on any atom is 0.257 e. The minimum Gasteiger partial charge on any atom is -0.339 e. The molecule has 0 unspecified atom stereocenters. The van der Waals surface area contributed by atoms with Gasteiger partial charge in [-0.1, -0.05) is 24.3 Å². The number of carbonyl (C=O) groups is 2. The average Bonchev–Trinajstić information content (AvgIpc) is 3.16. The van der Waals surface area contributed by atoms with Crippen molar-refractivity contribution in [2.24, 2.45) is 0 Å². The van der Waals surface area contributed by atoms with Crippen LogP contribution in [0.4, 0.5) is 5.69 Å². The Morgan fingerprint density at radius 1 is 1.04 bits per heavy atom. The second-order valence-corrected chi connectivity index (χ2v) is 6.71. The fraction of sp³-hybridized carbons (Fsp3) is 0.250. The summed E-state index contributed by atoms with van der Waals surface area (Å²) in [5.74, 6) is -0.231. The summed E-state index contributed by atoms with van der Waals surface area (Å²) in [6.07, 6.45) is 2.11. The van der Waals surface area contributed by atoms with Gasteiger partial charge in [0.15, 0.2) is 5.11 Å². The maximum absolute atomic E-state index is 12.5. The molecule has 1 aliphatic rings. The Morgan fingerprint density at radius 3 is 2.50 bits per heavy atom. The Balaban J connectivity index is 1.64. The molecule has 1 fully saturated rings. The minimum absolute atomic E-state index is 0.0287. The van der Waals surface area contributed by atoms with Crippen LogP contribution in [0.15, 0.2) is 48.5 Å². The summed E-state index contributed by atoms with van der Waals surface area (Å²) in [6, 6.07) is 14.5. The van der Waals surface area contributed by atoms with E-state index < -0.39 is 0 Å². The first-order valence-electron chi connectivity index (χ1n) is 8.62. The van der Waals surface area contributed by atoms with Gasteiger partial charge >= 0.3 is 0 Å². The fourth-order valence-corrected chi connectivity index (χ4v) is 3.20. The number of nitrogens with zero attached hydrogens (tertiary/aromatic N) is 1. The van der Waals surface area contributed by atoms with Crippen molar-refractivity contribution in [1.82, 2.24) is 10.2 Å². The summed E-state index contributed by atoms with van der Waals surface area (Å²) in [5.41, 5.74) is 2.75. The van der Waals surface area contributed by atoms with E-state index in [4.69, 9.17) is 12.2 Å². The van der Waals surface area contributed by atoms with Crippen LogP contribution in [0.1, 0.15) is 39.1 Å². The Labute approximate surface area is 158 Å². The Morgan fingerprint density at radius 2 is 1.77 bits per heavy atom. The zero-order valence-corrected chi connectivity index (χ0v) is 15.4. The molecule has 0 atom stereocenters. The van der Waals surface area contributed by atoms with E-state index in [0.29, 0.717) is 16.8 Å². The molecule has 0 bridgehead atoms. The number of rotatable bonds is 3. The Bertz CT molecular complexity index is 844. The molecule has 5 nitrogen and oxygen atoms in total. The zero-order chi connectivity index (χ0) is 18.5. The van der Waals surface area contributed by atoms with Gasteiger partial charge in [-0.25, -0.2) is 0 Å². The van der Waals surface area contributed by atoms with Crippen LogP contribution in [-0.4, -0.2) is 34.9 Å². The molecule has 134 valence electrons. The van der Waals surface area contributed by atoms with E-state index in [1.54, 1.807) is 24.3 Å². The largest absolute Gasteiger partial charge is 0.339 e. The van der Waals surface area contributed by atoms with Crippen molar-refractivity contribution in [2.75, 3.05) is 18.4 Å². The van der Waals surface area contributed by atoms with Gasteiger partial charge < -0.3 is 10.2 Å².